The number of benzene rings is 2. The molecule has 0 spiro atoms. The first-order valence-corrected chi connectivity index (χ1v) is 10.6. The van der Waals surface area contributed by atoms with E-state index < -0.39 is 6.04 Å². The zero-order valence-corrected chi connectivity index (χ0v) is 18.4. The summed E-state index contributed by atoms with van der Waals surface area (Å²) in [6.07, 6.45) is 1.69. The quantitative estimate of drug-likeness (QED) is 0.554. The Morgan fingerprint density at radius 1 is 0.968 bits per heavy atom. The van der Waals surface area contributed by atoms with Gasteiger partial charge in [0.1, 0.15) is 6.04 Å². The van der Waals surface area contributed by atoms with Crippen molar-refractivity contribution in [3.8, 4) is 0 Å². The minimum absolute atomic E-state index is 0.100. The SMILES string of the molecule is CC(C)C(=O)N(Cc1ccc(Cl)cc1)C(C(=O)NCc1ccccn1)c1ccccc1. The molecule has 1 heterocycles. The molecule has 1 aromatic heterocycles. The molecule has 2 aromatic carbocycles. The molecule has 0 fully saturated rings. The van der Waals surface area contributed by atoms with E-state index in [9.17, 15) is 9.59 Å². The van der Waals surface area contributed by atoms with Gasteiger partial charge < -0.3 is 10.2 Å². The Bertz CT molecular complexity index is 992. The molecule has 0 saturated carbocycles. The Kier molecular flexibility index (Phi) is 7.79. The van der Waals surface area contributed by atoms with Crippen LogP contribution in [0.1, 0.15) is 36.7 Å². The van der Waals surface area contributed by atoms with Gasteiger partial charge in [-0.05, 0) is 35.4 Å². The molecule has 1 atom stereocenters. The van der Waals surface area contributed by atoms with Crippen LogP contribution in [0.4, 0.5) is 0 Å². The van der Waals surface area contributed by atoms with E-state index in [0.29, 0.717) is 11.6 Å². The first kappa shape index (κ1) is 22.5. The number of rotatable bonds is 8. The van der Waals surface area contributed by atoms with Crippen LogP contribution in [0.5, 0.6) is 0 Å². The van der Waals surface area contributed by atoms with Crippen LogP contribution >= 0.6 is 11.6 Å². The lowest BCUT2D eigenvalue weighted by molar-refractivity contribution is -0.144. The van der Waals surface area contributed by atoms with Crippen LogP contribution in [-0.4, -0.2) is 21.7 Å². The van der Waals surface area contributed by atoms with Crippen molar-refractivity contribution >= 4 is 23.4 Å². The molecule has 2 amide bonds. The number of amides is 2. The second-order valence-electron chi connectivity index (χ2n) is 7.60. The molecule has 0 aliphatic rings. The van der Waals surface area contributed by atoms with E-state index in [4.69, 9.17) is 11.6 Å². The van der Waals surface area contributed by atoms with E-state index in [1.807, 2.05) is 74.5 Å². The molecule has 5 nitrogen and oxygen atoms in total. The molecule has 3 aromatic rings. The summed E-state index contributed by atoms with van der Waals surface area (Å²) < 4.78 is 0. The van der Waals surface area contributed by atoms with Gasteiger partial charge in [0.05, 0.1) is 12.2 Å². The number of halogens is 1. The Morgan fingerprint density at radius 2 is 1.65 bits per heavy atom. The van der Waals surface area contributed by atoms with Crippen molar-refractivity contribution in [2.24, 2.45) is 5.92 Å². The fourth-order valence-corrected chi connectivity index (χ4v) is 3.43. The van der Waals surface area contributed by atoms with Gasteiger partial charge in [0.2, 0.25) is 11.8 Å². The van der Waals surface area contributed by atoms with Crippen LogP contribution < -0.4 is 5.32 Å². The maximum Gasteiger partial charge on any atom is 0.247 e. The maximum atomic E-state index is 13.4. The van der Waals surface area contributed by atoms with Crippen molar-refractivity contribution in [2.45, 2.75) is 33.0 Å². The average Bonchev–Trinajstić information content (AvgIpc) is 2.79. The summed E-state index contributed by atoms with van der Waals surface area (Å²) in [6, 6.07) is 21.5. The van der Waals surface area contributed by atoms with Crippen molar-refractivity contribution in [2.75, 3.05) is 0 Å². The molecule has 0 radical (unpaired) electrons. The van der Waals surface area contributed by atoms with E-state index in [0.717, 1.165) is 16.8 Å². The van der Waals surface area contributed by atoms with Gasteiger partial charge in [-0.3, -0.25) is 14.6 Å². The van der Waals surface area contributed by atoms with Crippen LogP contribution in [0.2, 0.25) is 5.02 Å². The van der Waals surface area contributed by atoms with Gasteiger partial charge in [0.15, 0.2) is 0 Å². The third-order valence-corrected chi connectivity index (χ3v) is 5.14. The molecule has 31 heavy (non-hydrogen) atoms. The standard InChI is InChI=1S/C25H26ClN3O2/c1-18(2)25(31)29(17-19-11-13-21(26)14-12-19)23(20-8-4-3-5-9-20)24(30)28-16-22-10-6-7-15-27-22/h3-15,18,23H,16-17H2,1-2H3,(H,28,30). The zero-order chi connectivity index (χ0) is 22.2. The number of hydrogen-bond acceptors (Lipinski definition) is 3. The summed E-state index contributed by atoms with van der Waals surface area (Å²) in [6.45, 7) is 4.26. The second-order valence-corrected chi connectivity index (χ2v) is 8.04. The number of aromatic nitrogens is 1. The smallest absolute Gasteiger partial charge is 0.247 e. The van der Waals surface area contributed by atoms with Crippen molar-refractivity contribution < 1.29 is 9.59 Å². The number of hydrogen-bond donors (Lipinski definition) is 1. The van der Waals surface area contributed by atoms with E-state index in [1.165, 1.54) is 0 Å². The van der Waals surface area contributed by atoms with Crippen molar-refractivity contribution in [3.05, 3.63) is 101 Å². The topological polar surface area (TPSA) is 62.3 Å². The highest BCUT2D eigenvalue weighted by Gasteiger charge is 2.32. The molecule has 160 valence electrons. The number of carbonyl (C=O) groups excluding carboxylic acids is 2. The highest BCUT2D eigenvalue weighted by Crippen LogP contribution is 2.26. The highest BCUT2D eigenvalue weighted by atomic mass is 35.5. The second kappa shape index (κ2) is 10.7. The van der Waals surface area contributed by atoms with E-state index in [2.05, 4.69) is 10.3 Å². The largest absolute Gasteiger partial charge is 0.348 e. The Morgan fingerprint density at radius 3 is 2.26 bits per heavy atom. The molecule has 1 N–H and O–H groups in total. The lowest BCUT2D eigenvalue weighted by atomic mass is 10.0. The van der Waals surface area contributed by atoms with Crippen LogP contribution in [-0.2, 0) is 22.7 Å². The van der Waals surface area contributed by atoms with Crippen molar-refractivity contribution in [3.63, 3.8) is 0 Å². The summed E-state index contributed by atoms with van der Waals surface area (Å²) in [5.41, 5.74) is 2.41. The molecule has 0 aliphatic heterocycles. The molecule has 0 aliphatic carbocycles. The van der Waals surface area contributed by atoms with E-state index in [-0.39, 0.29) is 24.3 Å². The van der Waals surface area contributed by atoms with Crippen LogP contribution in [0, 0.1) is 5.92 Å². The molecular formula is C25H26ClN3O2. The minimum Gasteiger partial charge on any atom is -0.348 e. The van der Waals surface area contributed by atoms with Gasteiger partial charge in [0, 0.05) is 23.7 Å². The van der Waals surface area contributed by atoms with Gasteiger partial charge in [-0.15, -0.1) is 0 Å². The maximum absolute atomic E-state index is 13.4. The predicted octanol–water partition coefficient (Wildman–Crippen LogP) is 4.78. The molecular weight excluding hydrogens is 410 g/mol. The molecule has 0 bridgehead atoms. The lowest BCUT2D eigenvalue weighted by Crippen LogP contribution is -2.44. The Labute approximate surface area is 188 Å². The van der Waals surface area contributed by atoms with Gasteiger partial charge >= 0.3 is 0 Å². The first-order valence-electron chi connectivity index (χ1n) is 10.2. The predicted molar refractivity (Wildman–Crippen MR) is 122 cm³/mol. The highest BCUT2D eigenvalue weighted by molar-refractivity contribution is 6.30. The zero-order valence-electron chi connectivity index (χ0n) is 17.7. The number of nitrogens with zero attached hydrogens (tertiary/aromatic N) is 2. The number of carbonyl (C=O) groups is 2. The average molecular weight is 436 g/mol. The molecule has 3 rings (SSSR count). The minimum atomic E-state index is -0.768. The van der Waals surface area contributed by atoms with E-state index in [1.54, 1.807) is 23.2 Å². The van der Waals surface area contributed by atoms with Gasteiger partial charge in [0.25, 0.3) is 0 Å². The van der Waals surface area contributed by atoms with Crippen LogP contribution in [0.3, 0.4) is 0 Å². The lowest BCUT2D eigenvalue weighted by Gasteiger charge is -2.33. The number of nitrogens with one attached hydrogen (secondary N) is 1. The van der Waals surface area contributed by atoms with Crippen LogP contribution in [0.25, 0.3) is 0 Å². The van der Waals surface area contributed by atoms with Gasteiger partial charge in [-0.25, -0.2) is 0 Å². The molecule has 6 heteroatoms. The van der Waals surface area contributed by atoms with Crippen molar-refractivity contribution in [1.29, 1.82) is 0 Å². The summed E-state index contributed by atoms with van der Waals surface area (Å²) in [5.74, 6) is -0.612. The monoisotopic (exact) mass is 435 g/mol. The fraction of sp³-hybridized carbons (Fsp3) is 0.240. The van der Waals surface area contributed by atoms with Crippen LogP contribution in [0.15, 0.2) is 79.0 Å². The fourth-order valence-electron chi connectivity index (χ4n) is 3.30. The summed E-state index contributed by atoms with van der Waals surface area (Å²) in [4.78, 5) is 32.5. The number of pyridine rings is 1. The van der Waals surface area contributed by atoms with Crippen molar-refractivity contribution in [1.82, 2.24) is 15.2 Å². The first-order chi connectivity index (χ1) is 15.0. The summed E-state index contributed by atoms with van der Waals surface area (Å²) >= 11 is 6.02. The third kappa shape index (κ3) is 6.15. The normalized spacial score (nSPS) is 11.7. The van der Waals surface area contributed by atoms with Gasteiger partial charge in [-0.2, -0.15) is 0 Å². The summed E-state index contributed by atoms with van der Waals surface area (Å²) in [7, 11) is 0. The Balaban J connectivity index is 1.93. The summed E-state index contributed by atoms with van der Waals surface area (Å²) in [5, 5.41) is 3.57. The molecule has 1 unspecified atom stereocenters. The van der Waals surface area contributed by atoms with E-state index >= 15 is 0 Å². The third-order valence-electron chi connectivity index (χ3n) is 4.89. The Hall–Kier alpha value is -3.18. The molecule has 0 saturated heterocycles. The van der Waals surface area contributed by atoms with Gasteiger partial charge in [-0.1, -0.05) is 74.0 Å².